The van der Waals surface area contributed by atoms with E-state index in [0.29, 0.717) is 6.42 Å². The van der Waals surface area contributed by atoms with E-state index < -0.39 is 33.3 Å². The molecule has 0 aromatic carbocycles. The Morgan fingerprint density at radius 1 is 0.867 bits per heavy atom. The van der Waals surface area contributed by atoms with Gasteiger partial charge in [0.15, 0.2) is 0 Å². The monoisotopic (exact) mass is 470 g/mol. The van der Waals surface area contributed by atoms with E-state index in [4.69, 9.17) is 9.84 Å². The third kappa shape index (κ3) is 27.5. The summed E-state index contributed by atoms with van der Waals surface area (Å²) >= 11 is 0. The molecular formula is C19H37Na2O8P. The summed E-state index contributed by atoms with van der Waals surface area (Å²) < 4.78 is 24.4. The van der Waals surface area contributed by atoms with Crippen LogP contribution in [-0.2, 0) is 23.4 Å². The first kappa shape index (κ1) is 36.1. The molecule has 0 saturated carbocycles. The molecule has 8 nitrogen and oxygen atoms in total. The Labute approximate surface area is 226 Å². The van der Waals surface area contributed by atoms with Gasteiger partial charge in [-0.05, 0) is 6.42 Å². The second-order valence-corrected chi connectivity index (χ2v) is 8.15. The second kappa shape index (κ2) is 25.1. The SMILES string of the molecule is CCCCCCCCCCCCCCC(=O)O[C@@H](COCO)COP(=O)([O-])[O-].[Na+].[Na+]. The topological polar surface area (TPSA) is 128 Å². The summed E-state index contributed by atoms with van der Waals surface area (Å²) in [5.74, 6) is -0.506. The standard InChI is InChI=1S/C19H39O8P.2Na/c1-2-3-4-5-6-7-8-9-10-11-12-13-14-19(21)27-18(15-25-17-20)16-26-28(22,23)24;;/h18,20H,2-17H2,1H3,(H2,22,23,24);;/q;2*+1/p-2/t18-;;/m0../s1. The Bertz CT molecular complexity index is 423. The average Bonchev–Trinajstić information content (AvgIpc) is 2.64. The van der Waals surface area contributed by atoms with Crippen LogP contribution in [0.1, 0.15) is 90.4 Å². The van der Waals surface area contributed by atoms with Crippen molar-refractivity contribution in [2.24, 2.45) is 0 Å². The number of aliphatic hydroxyl groups excluding tert-OH is 1. The maximum atomic E-state index is 11.8. The molecule has 0 saturated heterocycles. The number of carbonyl (C=O) groups excluding carboxylic acids is 1. The number of aliphatic hydroxyl groups is 1. The van der Waals surface area contributed by atoms with Crippen LogP contribution in [0.2, 0.25) is 0 Å². The number of ether oxygens (including phenoxy) is 2. The number of unbranched alkanes of at least 4 members (excludes halogenated alkanes) is 11. The molecule has 0 rings (SSSR count). The Balaban J connectivity index is -0.00000364. The fourth-order valence-electron chi connectivity index (χ4n) is 2.83. The Hall–Kier alpha value is 1.50. The number of phosphoric ester groups is 1. The van der Waals surface area contributed by atoms with E-state index >= 15 is 0 Å². The summed E-state index contributed by atoms with van der Waals surface area (Å²) in [6.07, 6.45) is 13.4. The Morgan fingerprint density at radius 3 is 1.77 bits per heavy atom. The smallest absolute Gasteiger partial charge is 0.790 e. The van der Waals surface area contributed by atoms with Gasteiger partial charge in [-0.3, -0.25) is 4.79 Å². The molecule has 0 heterocycles. The molecule has 11 heteroatoms. The van der Waals surface area contributed by atoms with Crippen molar-refractivity contribution >= 4 is 13.8 Å². The molecular weight excluding hydrogens is 433 g/mol. The average molecular weight is 470 g/mol. The largest absolute Gasteiger partial charge is 1.00 e. The maximum absolute atomic E-state index is 11.8. The molecule has 0 aromatic rings. The van der Waals surface area contributed by atoms with E-state index in [1.54, 1.807) is 0 Å². The van der Waals surface area contributed by atoms with Crippen molar-refractivity contribution < 1.29 is 97.4 Å². The van der Waals surface area contributed by atoms with Crippen molar-refractivity contribution in [2.45, 2.75) is 96.5 Å². The van der Waals surface area contributed by atoms with Gasteiger partial charge in [0.05, 0.1) is 21.0 Å². The van der Waals surface area contributed by atoms with Gasteiger partial charge < -0.3 is 33.5 Å². The molecule has 1 atom stereocenters. The third-order valence-electron chi connectivity index (χ3n) is 4.35. The molecule has 0 spiro atoms. The van der Waals surface area contributed by atoms with Crippen molar-refractivity contribution in [1.82, 2.24) is 0 Å². The number of hydrogen-bond acceptors (Lipinski definition) is 8. The minimum atomic E-state index is -5.15. The predicted molar refractivity (Wildman–Crippen MR) is 102 cm³/mol. The molecule has 0 radical (unpaired) electrons. The first-order chi connectivity index (χ1) is 13.4. The Morgan fingerprint density at radius 2 is 1.33 bits per heavy atom. The first-order valence-electron chi connectivity index (χ1n) is 10.4. The summed E-state index contributed by atoms with van der Waals surface area (Å²) in [7, 11) is -5.15. The molecule has 0 amide bonds. The van der Waals surface area contributed by atoms with Crippen molar-refractivity contribution in [3.8, 4) is 0 Å². The second-order valence-electron chi connectivity index (χ2n) is 6.99. The minimum Gasteiger partial charge on any atom is -0.790 e. The van der Waals surface area contributed by atoms with Gasteiger partial charge in [0.2, 0.25) is 0 Å². The molecule has 0 aliphatic carbocycles. The number of carbonyl (C=O) groups is 1. The molecule has 30 heavy (non-hydrogen) atoms. The van der Waals surface area contributed by atoms with Gasteiger partial charge >= 0.3 is 65.1 Å². The maximum Gasteiger partial charge on any atom is 1.00 e. The van der Waals surface area contributed by atoms with Crippen LogP contribution in [0, 0.1) is 0 Å². The predicted octanol–water partition coefficient (Wildman–Crippen LogP) is -3.19. The van der Waals surface area contributed by atoms with Gasteiger partial charge in [-0.15, -0.1) is 0 Å². The fourth-order valence-corrected chi connectivity index (χ4v) is 3.18. The van der Waals surface area contributed by atoms with Gasteiger partial charge in [-0.1, -0.05) is 77.6 Å². The van der Waals surface area contributed by atoms with E-state index in [0.717, 1.165) is 19.3 Å². The van der Waals surface area contributed by atoms with Crippen LogP contribution in [0.25, 0.3) is 0 Å². The van der Waals surface area contributed by atoms with Gasteiger partial charge in [0.25, 0.3) is 0 Å². The van der Waals surface area contributed by atoms with Crippen LogP contribution in [0.4, 0.5) is 0 Å². The summed E-state index contributed by atoms with van der Waals surface area (Å²) in [6, 6.07) is 0. The normalized spacial score (nSPS) is 12.0. The quantitative estimate of drug-likeness (QED) is 0.0648. The zero-order valence-corrected chi connectivity index (χ0v) is 24.0. The van der Waals surface area contributed by atoms with Crippen LogP contribution >= 0.6 is 7.82 Å². The van der Waals surface area contributed by atoms with Crippen molar-refractivity contribution in [3.63, 3.8) is 0 Å². The van der Waals surface area contributed by atoms with Crippen molar-refractivity contribution in [1.29, 1.82) is 0 Å². The number of phosphoric acid groups is 1. The first-order valence-corrected chi connectivity index (χ1v) is 11.9. The van der Waals surface area contributed by atoms with Crippen LogP contribution < -0.4 is 68.9 Å². The third-order valence-corrected chi connectivity index (χ3v) is 4.81. The zero-order chi connectivity index (χ0) is 21.1. The van der Waals surface area contributed by atoms with Gasteiger partial charge in [-0.25, -0.2) is 0 Å². The van der Waals surface area contributed by atoms with Gasteiger partial charge in [0.1, 0.15) is 12.9 Å². The molecule has 0 aromatic heterocycles. The van der Waals surface area contributed by atoms with Crippen LogP contribution in [0.15, 0.2) is 0 Å². The van der Waals surface area contributed by atoms with E-state index in [1.165, 1.54) is 51.4 Å². The molecule has 1 N–H and O–H groups in total. The summed E-state index contributed by atoms with van der Waals surface area (Å²) in [4.78, 5) is 32.8. The molecule has 0 aliphatic heterocycles. The van der Waals surface area contributed by atoms with E-state index in [9.17, 15) is 19.1 Å². The van der Waals surface area contributed by atoms with Crippen LogP contribution in [0.5, 0.6) is 0 Å². The zero-order valence-electron chi connectivity index (χ0n) is 19.1. The van der Waals surface area contributed by atoms with Gasteiger partial charge in [0, 0.05) is 6.42 Å². The minimum absolute atomic E-state index is 0. The van der Waals surface area contributed by atoms with E-state index in [2.05, 4.69) is 16.2 Å². The number of hydrogen-bond donors (Lipinski definition) is 1. The molecule has 0 fully saturated rings. The molecule has 0 unspecified atom stereocenters. The van der Waals surface area contributed by atoms with E-state index in [-0.39, 0.29) is 72.1 Å². The van der Waals surface area contributed by atoms with Gasteiger partial charge in [-0.2, -0.15) is 0 Å². The van der Waals surface area contributed by atoms with Crippen molar-refractivity contribution in [3.05, 3.63) is 0 Å². The number of esters is 1. The van der Waals surface area contributed by atoms with Crippen molar-refractivity contribution in [2.75, 3.05) is 20.0 Å². The number of rotatable bonds is 20. The molecule has 0 bridgehead atoms. The van der Waals surface area contributed by atoms with Crippen LogP contribution in [-0.4, -0.2) is 37.2 Å². The Kier molecular flexibility index (Phi) is 30.2. The fraction of sp³-hybridized carbons (Fsp3) is 0.947. The van der Waals surface area contributed by atoms with E-state index in [1.807, 2.05) is 0 Å². The molecule has 168 valence electrons. The summed E-state index contributed by atoms with van der Waals surface area (Å²) in [5, 5.41) is 8.62. The van der Waals surface area contributed by atoms with Crippen LogP contribution in [0.3, 0.4) is 0 Å². The molecule has 0 aliphatic rings. The summed E-state index contributed by atoms with van der Waals surface area (Å²) in [6.45, 7) is 0.744. The summed E-state index contributed by atoms with van der Waals surface area (Å²) in [5.41, 5.74) is 0.